The number of rotatable bonds is 2. The van der Waals surface area contributed by atoms with Crippen molar-refractivity contribution in [3.8, 4) is 0 Å². The Bertz CT molecular complexity index is 235. The van der Waals surface area contributed by atoms with Crippen LogP contribution < -0.4 is 5.32 Å². The van der Waals surface area contributed by atoms with Gasteiger partial charge in [-0.3, -0.25) is 4.79 Å². The van der Waals surface area contributed by atoms with Crippen molar-refractivity contribution in [2.75, 3.05) is 6.54 Å². The topological polar surface area (TPSA) is 29.1 Å². The van der Waals surface area contributed by atoms with Crippen LogP contribution in [0.3, 0.4) is 0 Å². The van der Waals surface area contributed by atoms with Crippen molar-refractivity contribution in [3.63, 3.8) is 0 Å². The van der Waals surface area contributed by atoms with Crippen molar-refractivity contribution < 1.29 is 18.0 Å². The predicted octanol–water partition coefficient (Wildman–Crippen LogP) is 2.02. The number of hydrogen-bond acceptors (Lipinski definition) is 1. The number of allylic oxidation sites excluding steroid dienone is 2. The summed E-state index contributed by atoms with van der Waals surface area (Å²) in [5.74, 6) is -0.783. The molecule has 1 amide bonds. The van der Waals surface area contributed by atoms with E-state index in [1.807, 2.05) is 17.5 Å². The molecule has 1 aliphatic rings. The lowest BCUT2D eigenvalue weighted by Crippen LogP contribution is -2.37. The van der Waals surface area contributed by atoms with Crippen molar-refractivity contribution in [2.45, 2.75) is 25.4 Å². The van der Waals surface area contributed by atoms with Gasteiger partial charge in [0.2, 0.25) is 5.91 Å². The van der Waals surface area contributed by atoms with E-state index in [1.54, 1.807) is 0 Å². The zero-order valence-corrected chi connectivity index (χ0v) is 7.60. The van der Waals surface area contributed by atoms with E-state index >= 15 is 0 Å². The first-order valence-electron chi connectivity index (χ1n) is 4.48. The van der Waals surface area contributed by atoms with Crippen molar-refractivity contribution in [2.24, 2.45) is 5.92 Å². The summed E-state index contributed by atoms with van der Waals surface area (Å²) in [6.07, 6.45) is 1.41. The number of nitrogens with one attached hydrogen (secondary N) is 1. The van der Waals surface area contributed by atoms with Gasteiger partial charge in [0.15, 0.2) is 0 Å². The molecule has 0 saturated heterocycles. The van der Waals surface area contributed by atoms with Crippen LogP contribution in [-0.4, -0.2) is 18.6 Å². The average molecular weight is 207 g/mol. The van der Waals surface area contributed by atoms with Gasteiger partial charge in [0.25, 0.3) is 0 Å². The predicted molar refractivity (Wildman–Crippen MR) is 45.5 cm³/mol. The first-order chi connectivity index (χ1) is 6.49. The highest BCUT2D eigenvalue weighted by atomic mass is 19.4. The standard InChI is InChI=1S/C9H12F3NO/c10-9(11,12)6-13-8(14)7-4-2-1-3-5-7/h1-2,7H,3-6H2,(H,13,14). The van der Waals surface area contributed by atoms with Crippen molar-refractivity contribution in [1.82, 2.24) is 5.32 Å². The van der Waals surface area contributed by atoms with Crippen LogP contribution in [0, 0.1) is 5.92 Å². The minimum absolute atomic E-state index is 0.289. The smallest absolute Gasteiger partial charge is 0.347 e. The van der Waals surface area contributed by atoms with Gasteiger partial charge in [0.05, 0.1) is 0 Å². The maximum atomic E-state index is 11.8. The summed E-state index contributed by atoms with van der Waals surface area (Å²) < 4.78 is 35.3. The monoisotopic (exact) mass is 207 g/mol. The zero-order valence-electron chi connectivity index (χ0n) is 7.60. The van der Waals surface area contributed by atoms with E-state index < -0.39 is 18.6 Å². The Morgan fingerprint density at radius 3 is 2.64 bits per heavy atom. The van der Waals surface area contributed by atoms with Crippen LogP contribution in [0.15, 0.2) is 12.2 Å². The molecule has 1 N–H and O–H groups in total. The first kappa shape index (κ1) is 11.1. The second-order valence-corrected chi connectivity index (χ2v) is 3.31. The third-order valence-electron chi connectivity index (χ3n) is 2.10. The number of halogens is 3. The molecule has 1 rings (SSSR count). The van der Waals surface area contributed by atoms with Crippen LogP contribution in [0.1, 0.15) is 19.3 Å². The molecule has 80 valence electrons. The van der Waals surface area contributed by atoms with E-state index in [9.17, 15) is 18.0 Å². The van der Waals surface area contributed by atoms with Gasteiger partial charge < -0.3 is 5.32 Å². The van der Waals surface area contributed by atoms with E-state index in [1.165, 1.54) is 0 Å². The summed E-state index contributed by atoms with van der Waals surface area (Å²) in [7, 11) is 0. The van der Waals surface area contributed by atoms with Crippen molar-refractivity contribution in [1.29, 1.82) is 0 Å². The zero-order chi connectivity index (χ0) is 10.6. The molecule has 0 saturated carbocycles. The normalized spacial score (nSPS) is 22.1. The molecule has 0 bridgehead atoms. The molecule has 0 spiro atoms. The van der Waals surface area contributed by atoms with Crippen LogP contribution >= 0.6 is 0 Å². The minimum atomic E-state index is -4.32. The van der Waals surface area contributed by atoms with Gasteiger partial charge in [-0.15, -0.1) is 0 Å². The molecule has 0 radical (unpaired) electrons. The van der Waals surface area contributed by atoms with Crippen molar-refractivity contribution in [3.05, 3.63) is 12.2 Å². The Labute approximate surface area is 80.2 Å². The van der Waals surface area contributed by atoms with Gasteiger partial charge >= 0.3 is 6.18 Å². The largest absolute Gasteiger partial charge is 0.405 e. The summed E-state index contributed by atoms with van der Waals surface area (Å²) >= 11 is 0. The van der Waals surface area contributed by atoms with Crippen LogP contribution in [0.25, 0.3) is 0 Å². The maximum Gasteiger partial charge on any atom is 0.405 e. The van der Waals surface area contributed by atoms with Gasteiger partial charge in [-0.25, -0.2) is 0 Å². The summed E-state index contributed by atoms with van der Waals surface area (Å²) in [5.41, 5.74) is 0. The Balaban J connectivity index is 2.31. The Morgan fingerprint density at radius 2 is 2.14 bits per heavy atom. The van der Waals surface area contributed by atoms with E-state index in [2.05, 4.69) is 0 Å². The third kappa shape index (κ3) is 3.81. The Hall–Kier alpha value is -1.00. The molecular weight excluding hydrogens is 195 g/mol. The lowest BCUT2D eigenvalue weighted by molar-refractivity contribution is -0.140. The number of carbonyl (C=O) groups excluding carboxylic acids is 1. The first-order valence-corrected chi connectivity index (χ1v) is 4.48. The fraction of sp³-hybridized carbons (Fsp3) is 0.667. The van der Waals surface area contributed by atoms with Crippen LogP contribution in [0.5, 0.6) is 0 Å². The van der Waals surface area contributed by atoms with E-state index in [4.69, 9.17) is 0 Å². The molecule has 0 aromatic heterocycles. The number of alkyl halides is 3. The van der Waals surface area contributed by atoms with Crippen LogP contribution in [-0.2, 0) is 4.79 Å². The quantitative estimate of drug-likeness (QED) is 0.689. The highest BCUT2D eigenvalue weighted by Crippen LogP contribution is 2.19. The van der Waals surface area contributed by atoms with Gasteiger partial charge in [0, 0.05) is 5.92 Å². The molecular formula is C9H12F3NO. The molecule has 2 nitrogen and oxygen atoms in total. The van der Waals surface area contributed by atoms with E-state index in [0.29, 0.717) is 12.8 Å². The molecule has 0 heterocycles. The summed E-state index contributed by atoms with van der Waals surface area (Å²) in [6.45, 7) is -1.23. The lowest BCUT2D eigenvalue weighted by atomic mass is 9.94. The van der Waals surface area contributed by atoms with Gasteiger partial charge in [-0.1, -0.05) is 12.2 Å². The second-order valence-electron chi connectivity index (χ2n) is 3.31. The maximum absolute atomic E-state index is 11.8. The van der Waals surface area contributed by atoms with Gasteiger partial charge in [0.1, 0.15) is 6.54 Å². The highest BCUT2D eigenvalue weighted by Gasteiger charge is 2.29. The number of carbonyl (C=O) groups is 1. The van der Waals surface area contributed by atoms with Crippen LogP contribution in [0.4, 0.5) is 13.2 Å². The van der Waals surface area contributed by atoms with E-state index in [0.717, 1.165) is 6.42 Å². The molecule has 1 unspecified atom stereocenters. The lowest BCUT2D eigenvalue weighted by Gasteiger charge is -2.17. The average Bonchev–Trinajstić information content (AvgIpc) is 2.14. The number of hydrogen-bond donors (Lipinski definition) is 1. The van der Waals surface area contributed by atoms with E-state index in [-0.39, 0.29) is 5.92 Å². The fourth-order valence-electron chi connectivity index (χ4n) is 1.36. The molecule has 14 heavy (non-hydrogen) atoms. The summed E-state index contributed by atoms with van der Waals surface area (Å²) in [4.78, 5) is 11.2. The Kier molecular flexibility index (Phi) is 3.55. The fourth-order valence-corrected chi connectivity index (χ4v) is 1.36. The molecule has 5 heteroatoms. The molecule has 0 fully saturated rings. The minimum Gasteiger partial charge on any atom is -0.347 e. The van der Waals surface area contributed by atoms with Crippen molar-refractivity contribution >= 4 is 5.91 Å². The second kappa shape index (κ2) is 4.48. The molecule has 1 atom stereocenters. The van der Waals surface area contributed by atoms with Gasteiger partial charge in [-0.2, -0.15) is 13.2 Å². The molecule has 1 aliphatic carbocycles. The SMILES string of the molecule is O=C(NCC(F)(F)F)C1CC=CCC1. The molecule has 0 aliphatic heterocycles. The summed E-state index contributed by atoms with van der Waals surface area (Å²) in [5, 5.41) is 1.89. The highest BCUT2D eigenvalue weighted by molar-refractivity contribution is 5.78. The third-order valence-corrected chi connectivity index (χ3v) is 2.10. The number of amides is 1. The van der Waals surface area contributed by atoms with Crippen LogP contribution in [0.2, 0.25) is 0 Å². The Morgan fingerprint density at radius 1 is 1.43 bits per heavy atom. The summed E-state index contributed by atoms with van der Waals surface area (Å²) in [6, 6.07) is 0. The van der Waals surface area contributed by atoms with Gasteiger partial charge in [-0.05, 0) is 19.3 Å². The molecule has 0 aromatic carbocycles. The molecule has 0 aromatic rings.